The van der Waals surface area contributed by atoms with E-state index in [1.807, 2.05) is 43.3 Å². The van der Waals surface area contributed by atoms with Crippen molar-refractivity contribution in [3.8, 4) is 11.5 Å². The van der Waals surface area contributed by atoms with Crippen LogP contribution in [0.5, 0.6) is 11.5 Å². The zero-order valence-corrected chi connectivity index (χ0v) is 18.2. The van der Waals surface area contributed by atoms with Crippen molar-refractivity contribution < 1.29 is 14.3 Å². The van der Waals surface area contributed by atoms with Gasteiger partial charge in [0.15, 0.2) is 0 Å². The maximum absolute atomic E-state index is 12.3. The van der Waals surface area contributed by atoms with Gasteiger partial charge in [0.1, 0.15) is 11.5 Å². The largest absolute Gasteiger partial charge is 0.497 e. The van der Waals surface area contributed by atoms with Crippen molar-refractivity contribution in [2.75, 3.05) is 26.8 Å². The van der Waals surface area contributed by atoms with Crippen LogP contribution in [0.1, 0.15) is 43.7 Å². The second-order valence-corrected chi connectivity index (χ2v) is 7.95. The average molecular weight is 411 g/mol. The molecule has 0 saturated carbocycles. The number of nitrogens with one attached hydrogen (secondary N) is 1. The minimum Gasteiger partial charge on any atom is -0.497 e. The summed E-state index contributed by atoms with van der Waals surface area (Å²) in [6.45, 7) is 6.32. The van der Waals surface area contributed by atoms with Crippen molar-refractivity contribution in [1.29, 1.82) is 0 Å². The number of para-hydroxylation sites is 1. The van der Waals surface area contributed by atoms with Gasteiger partial charge in [-0.1, -0.05) is 30.3 Å². The molecule has 3 rings (SSSR count). The molecule has 1 N–H and O–H groups in total. The van der Waals surface area contributed by atoms with Gasteiger partial charge in [-0.05, 0) is 62.4 Å². The van der Waals surface area contributed by atoms with E-state index in [0.29, 0.717) is 25.5 Å². The number of carbonyl (C=O) groups excluding carboxylic acids is 1. The molecule has 1 fully saturated rings. The topological polar surface area (TPSA) is 50.8 Å². The Morgan fingerprint density at radius 3 is 2.90 bits per heavy atom. The van der Waals surface area contributed by atoms with Crippen LogP contribution in [0.25, 0.3) is 0 Å². The smallest absolute Gasteiger partial charge is 0.220 e. The highest BCUT2D eigenvalue weighted by atomic mass is 16.5. The number of rotatable bonds is 10. The van der Waals surface area contributed by atoms with Gasteiger partial charge in [-0.3, -0.25) is 9.69 Å². The molecule has 2 aromatic carbocycles. The van der Waals surface area contributed by atoms with E-state index in [-0.39, 0.29) is 5.91 Å². The molecule has 162 valence electrons. The molecule has 0 aromatic heterocycles. The number of benzene rings is 2. The summed E-state index contributed by atoms with van der Waals surface area (Å²) in [7, 11) is 1.65. The Hall–Kier alpha value is -2.53. The van der Waals surface area contributed by atoms with Gasteiger partial charge in [-0.15, -0.1) is 0 Å². The fourth-order valence-corrected chi connectivity index (χ4v) is 4.11. The predicted octanol–water partition coefficient (Wildman–Crippen LogP) is 4.40. The summed E-state index contributed by atoms with van der Waals surface area (Å²) in [6, 6.07) is 16.1. The first kappa shape index (κ1) is 22.2. The lowest BCUT2D eigenvalue weighted by Crippen LogP contribution is -2.35. The number of hydrogen-bond donors (Lipinski definition) is 1. The van der Waals surface area contributed by atoms with Crippen LogP contribution in [-0.2, 0) is 17.9 Å². The molecule has 1 aliphatic heterocycles. The highest BCUT2D eigenvalue weighted by Gasteiger charge is 2.21. The van der Waals surface area contributed by atoms with E-state index in [4.69, 9.17) is 9.47 Å². The third kappa shape index (κ3) is 6.77. The summed E-state index contributed by atoms with van der Waals surface area (Å²) in [6.07, 6.45) is 3.91. The van der Waals surface area contributed by atoms with Crippen molar-refractivity contribution >= 4 is 5.91 Å². The molecule has 0 radical (unpaired) electrons. The van der Waals surface area contributed by atoms with E-state index in [0.717, 1.165) is 43.1 Å². The number of carbonyl (C=O) groups is 1. The Labute approximate surface area is 180 Å². The van der Waals surface area contributed by atoms with Crippen LogP contribution in [0.3, 0.4) is 0 Å². The molecule has 0 bridgehead atoms. The monoisotopic (exact) mass is 410 g/mol. The number of ether oxygens (including phenoxy) is 2. The SMILES string of the molecule is CCOc1ccccc1CN1CCC[C@@H](CCC(=O)NCc2cccc(OC)c2)C1. The number of piperidine rings is 1. The molecule has 1 amide bonds. The highest BCUT2D eigenvalue weighted by molar-refractivity contribution is 5.75. The van der Waals surface area contributed by atoms with E-state index in [1.165, 1.54) is 18.4 Å². The van der Waals surface area contributed by atoms with Crippen LogP contribution in [0, 0.1) is 5.92 Å². The molecule has 0 aliphatic carbocycles. The number of likely N-dealkylation sites (tertiary alicyclic amines) is 1. The second-order valence-electron chi connectivity index (χ2n) is 7.95. The van der Waals surface area contributed by atoms with Crippen LogP contribution in [0.15, 0.2) is 48.5 Å². The Kier molecular flexibility index (Phi) is 8.57. The second kappa shape index (κ2) is 11.6. The Bertz CT molecular complexity index is 808. The van der Waals surface area contributed by atoms with E-state index >= 15 is 0 Å². The number of amides is 1. The molecule has 1 heterocycles. The average Bonchev–Trinajstić information content (AvgIpc) is 2.78. The number of nitrogens with zero attached hydrogens (tertiary/aromatic N) is 1. The Balaban J connectivity index is 1.43. The van der Waals surface area contributed by atoms with E-state index in [1.54, 1.807) is 7.11 Å². The molecule has 0 unspecified atom stereocenters. The summed E-state index contributed by atoms with van der Waals surface area (Å²) in [4.78, 5) is 14.8. The summed E-state index contributed by atoms with van der Waals surface area (Å²) in [5, 5.41) is 3.04. The lowest BCUT2D eigenvalue weighted by atomic mass is 9.93. The number of methoxy groups -OCH3 is 1. The molecule has 5 nitrogen and oxygen atoms in total. The quantitative estimate of drug-likeness (QED) is 0.631. The van der Waals surface area contributed by atoms with E-state index in [2.05, 4.69) is 22.3 Å². The summed E-state index contributed by atoms with van der Waals surface area (Å²) in [5.41, 5.74) is 2.30. The molecule has 1 aliphatic rings. The van der Waals surface area contributed by atoms with Crippen molar-refractivity contribution in [1.82, 2.24) is 10.2 Å². The third-order valence-electron chi connectivity index (χ3n) is 5.67. The van der Waals surface area contributed by atoms with E-state index in [9.17, 15) is 4.79 Å². The third-order valence-corrected chi connectivity index (χ3v) is 5.67. The zero-order chi connectivity index (χ0) is 21.2. The maximum atomic E-state index is 12.3. The van der Waals surface area contributed by atoms with Crippen LogP contribution < -0.4 is 14.8 Å². The Morgan fingerprint density at radius 2 is 2.07 bits per heavy atom. The molecule has 2 aromatic rings. The van der Waals surface area contributed by atoms with Gasteiger partial charge >= 0.3 is 0 Å². The highest BCUT2D eigenvalue weighted by Crippen LogP contribution is 2.25. The van der Waals surface area contributed by atoms with Gasteiger partial charge < -0.3 is 14.8 Å². The normalized spacial score (nSPS) is 16.8. The van der Waals surface area contributed by atoms with E-state index < -0.39 is 0 Å². The van der Waals surface area contributed by atoms with Crippen LogP contribution in [0.4, 0.5) is 0 Å². The van der Waals surface area contributed by atoms with Crippen molar-refractivity contribution in [2.24, 2.45) is 5.92 Å². The molecule has 1 atom stereocenters. The van der Waals surface area contributed by atoms with Gasteiger partial charge in [-0.25, -0.2) is 0 Å². The lowest BCUT2D eigenvalue weighted by Gasteiger charge is -2.33. The summed E-state index contributed by atoms with van der Waals surface area (Å²) < 4.78 is 11.0. The standard InChI is InChI=1S/C25H34N2O3/c1-3-30-24-12-5-4-10-22(24)19-27-15-7-9-20(18-27)13-14-25(28)26-17-21-8-6-11-23(16-21)29-2/h4-6,8,10-12,16,20H,3,7,9,13-15,17-19H2,1-2H3,(H,26,28)/t20-/m0/s1. The molecular weight excluding hydrogens is 376 g/mol. The molecular formula is C25H34N2O3. The van der Waals surface area contributed by atoms with Gasteiger partial charge in [0, 0.05) is 31.6 Å². The molecule has 30 heavy (non-hydrogen) atoms. The van der Waals surface area contributed by atoms with Crippen molar-refractivity contribution in [3.63, 3.8) is 0 Å². The molecule has 0 spiro atoms. The van der Waals surface area contributed by atoms with Crippen molar-refractivity contribution in [2.45, 2.75) is 45.7 Å². The first-order chi connectivity index (χ1) is 14.7. The fraction of sp³-hybridized carbons (Fsp3) is 0.480. The lowest BCUT2D eigenvalue weighted by molar-refractivity contribution is -0.121. The minimum absolute atomic E-state index is 0.122. The Morgan fingerprint density at radius 1 is 1.20 bits per heavy atom. The maximum Gasteiger partial charge on any atom is 0.220 e. The van der Waals surface area contributed by atoms with Crippen molar-refractivity contribution in [3.05, 3.63) is 59.7 Å². The zero-order valence-electron chi connectivity index (χ0n) is 18.2. The van der Waals surface area contributed by atoms with Crippen LogP contribution in [-0.4, -0.2) is 37.6 Å². The van der Waals surface area contributed by atoms with Gasteiger partial charge in [0.25, 0.3) is 0 Å². The predicted molar refractivity (Wildman–Crippen MR) is 120 cm³/mol. The molecule has 1 saturated heterocycles. The molecule has 5 heteroatoms. The summed E-state index contributed by atoms with van der Waals surface area (Å²) >= 11 is 0. The van der Waals surface area contributed by atoms with Crippen LogP contribution in [0.2, 0.25) is 0 Å². The van der Waals surface area contributed by atoms with Gasteiger partial charge in [-0.2, -0.15) is 0 Å². The minimum atomic E-state index is 0.122. The number of hydrogen-bond acceptors (Lipinski definition) is 4. The fourth-order valence-electron chi connectivity index (χ4n) is 4.11. The van der Waals surface area contributed by atoms with Gasteiger partial charge in [0.2, 0.25) is 5.91 Å². The first-order valence-electron chi connectivity index (χ1n) is 11.0. The van der Waals surface area contributed by atoms with Crippen LogP contribution >= 0.6 is 0 Å². The first-order valence-corrected chi connectivity index (χ1v) is 11.0. The van der Waals surface area contributed by atoms with Gasteiger partial charge in [0.05, 0.1) is 13.7 Å². The summed E-state index contributed by atoms with van der Waals surface area (Å²) in [5.74, 6) is 2.49.